The van der Waals surface area contributed by atoms with Crippen molar-refractivity contribution in [1.29, 1.82) is 5.26 Å². The third-order valence-electron chi connectivity index (χ3n) is 3.99. The number of unbranched alkanes of at least 4 members (excludes halogenated alkanes) is 1. The number of nitriles is 1. The molecule has 2 heterocycles. The first-order valence-electron chi connectivity index (χ1n) is 7.88. The summed E-state index contributed by atoms with van der Waals surface area (Å²) >= 11 is 0. The van der Waals surface area contributed by atoms with Crippen LogP contribution in [-0.4, -0.2) is 9.97 Å². The van der Waals surface area contributed by atoms with Crippen molar-refractivity contribution >= 4 is 11.1 Å². The summed E-state index contributed by atoms with van der Waals surface area (Å²) in [7, 11) is 0. The highest BCUT2D eigenvalue weighted by atomic mass is 16.4. The van der Waals surface area contributed by atoms with Crippen LogP contribution >= 0.6 is 0 Å². The zero-order valence-corrected chi connectivity index (χ0v) is 13.5. The quantitative estimate of drug-likeness (QED) is 0.755. The molecule has 0 saturated carbocycles. The number of nitrogens with zero attached hydrogens (tertiary/aromatic N) is 1. The van der Waals surface area contributed by atoms with Gasteiger partial charge in [-0.1, -0.05) is 25.5 Å². The minimum Gasteiger partial charge on any atom is -0.405 e. The van der Waals surface area contributed by atoms with Crippen LogP contribution in [0.15, 0.2) is 43.1 Å². The van der Waals surface area contributed by atoms with Gasteiger partial charge in [0.05, 0.1) is 17.2 Å². The molecule has 0 aliphatic heterocycles. The van der Waals surface area contributed by atoms with E-state index in [2.05, 4.69) is 9.97 Å². The first kappa shape index (κ1) is 16.5. The SMILES string of the molecule is CCCCc1c(-c2ccc(C#N)cc2)c(=O)oc2[nH]c(=O)[nH]c(=O)c12. The third kappa shape index (κ3) is 3.02. The van der Waals surface area contributed by atoms with Crippen LogP contribution in [0.5, 0.6) is 0 Å². The second-order valence-electron chi connectivity index (χ2n) is 5.65. The van der Waals surface area contributed by atoms with E-state index in [0.717, 1.165) is 12.8 Å². The van der Waals surface area contributed by atoms with Gasteiger partial charge >= 0.3 is 11.3 Å². The summed E-state index contributed by atoms with van der Waals surface area (Å²) in [6.45, 7) is 2.00. The Morgan fingerprint density at radius 1 is 1.12 bits per heavy atom. The second kappa shape index (κ2) is 6.61. The zero-order valence-electron chi connectivity index (χ0n) is 13.5. The Morgan fingerprint density at radius 2 is 1.84 bits per heavy atom. The van der Waals surface area contributed by atoms with Crippen LogP contribution in [0, 0.1) is 11.3 Å². The predicted octanol–water partition coefficient (Wildman–Crippen LogP) is 2.05. The molecule has 0 atom stereocenters. The van der Waals surface area contributed by atoms with Crippen molar-refractivity contribution in [2.24, 2.45) is 0 Å². The molecule has 126 valence electrons. The van der Waals surface area contributed by atoms with Gasteiger partial charge in [-0.3, -0.25) is 14.8 Å². The maximum Gasteiger partial charge on any atom is 0.345 e. The van der Waals surface area contributed by atoms with E-state index in [9.17, 15) is 14.4 Å². The number of nitrogens with one attached hydrogen (secondary N) is 2. The van der Waals surface area contributed by atoms with Gasteiger partial charge in [0.2, 0.25) is 5.71 Å². The summed E-state index contributed by atoms with van der Waals surface area (Å²) in [6, 6.07) is 8.50. The summed E-state index contributed by atoms with van der Waals surface area (Å²) in [4.78, 5) is 40.8. The van der Waals surface area contributed by atoms with E-state index >= 15 is 0 Å². The Hall–Kier alpha value is -3.40. The van der Waals surface area contributed by atoms with Crippen molar-refractivity contribution in [3.63, 3.8) is 0 Å². The van der Waals surface area contributed by atoms with E-state index in [0.29, 0.717) is 23.1 Å². The molecule has 2 N–H and O–H groups in total. The van der Waals surface area contributed by atoms with Crippen LogP contribution in [0.4, 0.5) is 0 Å². The highest BCUT2D eigenvalue weighted by Gasteiger charge is 2.19. The molecule has 7 heteroatoms. The fourth-order valence-electron chi connectivity index (χ4n) is 2.82. The molecule has 7 nitrogen and oxygen atoms in total. The van der Waals surface area contributed by atoms with Crippen LogP contribution in [0.1, 0.15) is 30.9 Å². The number of fused-ring (bicyclic) bond motifs is 1. The van der Waals surface area contributed by atoms with E-state index < -0.39 is 16.9 Å². The molecule has 0 spiro atoms. The van der Waals surface area contributed by atoms with Gasteiger partial charge in [-0.2, -0.15) is 5.26 Å². The highest BCUT2D eigenvalue weighted by molar-refractivity contribution is 5.84. The van der Waals surface area contributed by atoms with Crippen molar-refractivity contribution in [1.82, 2.24) is 9.97 Å². The zero-order chi connectivity index (χ0) is 18.0. The number of aromatic nitrogens is 2. The minimum atomic E-state index is -0.729. The molecule has 0 bridgehead atoms. The number of benzene rings is 1. The molecule has 0 amide bonds. The fraction of sp³-hybridized carbons (Fsp3) is 0.222. The summed E-state index contributed by atoms with van der Waals surface area (Å²) in [6.07, 6.45) is 2.12. The van der Waals surface area contributed by atoms with Gasteiger partial charge in [0.25, 0.3) is 5.56 Å². The average molecular weight is 337 g/mol. The molecule has 25 heavy (non-hydrogen) atoms. The molecule has 0 aliphatic rings. The Morgan fingerprint density at radius 3 is 2.48 bits per heavy atom. The van der Waals surface area contributed by atoms with Crippen LogP contribution < -0.4 is 16.9 Å². The lowest BCUT2D eigenvalue weighted by atomic mass is 9.95. The number of hydrogen-bond acceptors (Lipinski definition) is 5. The molecule has 2 aromatic heterocycles. The topological polar surface area (TPSA) is 120 Å². The molecular weight excluding hydrogens is 322 g/mol. The van der Waals surface area contributed by atoms with Gasteiger partial charge in [-0.25, -0.2) is 9.59 Å². The third-order valence-corrected chi connectivity index (χ3v) is 3.99. The Bertz CT molecular complexity index is 1140. The van der Waals surface area contributed by atoms with Crippen LogP contribution in [0.2, 0.25) is 0 Å². The maximum absolute atomic E-state index is 12.5. The van der Waals surface area contributed by atoms with E-state index in [1.54, 1.807) is 24.3 Å². The molecule has 0 unspecified atom stereocenters. The molecule has 0 radical (unpaired) electrons. The predicted molar refractivity (Wildman–Crippen MR) is 92.5 cm³/mol. The van der Waals surface area contributed by atoms with E-state index in [4.69, 9.17) is 9.68 Å². The highest BCUT2D eigenvalue weighted by Crippen LogP contribution is 2.26. The number of aromatic amines is 2. The van der Waals surface area contributed by atoms with Gasteiger partial charge in [0.1, 0.15) is 5.39 Å². The van der Waals surface area contributed by atoms with Crippen LogP contribution in [0.3, 0.4) is 0 Å². The number of rotatable bonds is 4. The van der Waals surface area contributed by atoms with E-state index in [1.165, 1.54) is 0 Å². The first-order chi connectivity index (χ1) is 12.0. The molecule has 1 aromatic carbocycles. The average Bonchev–Trinajstić information content (AvgIpc) is 2.59. The fourth-order valence-corrected chi connectivity index (χ4v) is 2.82. The largest absolute Gasteiger partial charge is 0.405 e. The normalized spacial score (nSPS) is 10.7. The standard InChI is InChI=1S/C18H15N3O4/c1-2-3-4-12-13(11-7-5-10(9-19)6-8-11)17(23)25-16-14(12)15(22)20-18(24)21-16/h5-8H,2-4H2,1H3,(H2,20,21,22,24). The Balaban J connectivity index is 2.38. The number of H-pyrrole nitrogens is 2. The van der Waals surface area contributed by atoms with Gasteiger partial charge in [-0.05, 0) is 36.1 Å². The monoisotopic (exact) mass is 337 g/mol. The second-order valence-corrected chi connectivity index (χ2v) is 5.65. The van der Waals surface area contributed by atoms with Gasteiger partial charge in [0.15, 0.2) is 0 Å². The van der Waals surface area contributed by atoms with E-state index in [1.807, 2.05) is 13.0 Å². The summed E-state index contributed by atoms with van der Waals surface area (Å²) in [5.74, 6) is 0. The summed E-state index contributed by atoms with van der Waals surface area (Å²) in [5.41, 5.74) is -0.237. The van der Waals surface area contributed by atoms with E-state index in [-0.39, 0.29) is 16.7 Å². The maximum atomic E-state index is 12.5. The Kier molecular flexibility index (Phi) is 4.35. The molecule has 3 aromatic rings. The van der Waals surface area contributed by atoms with Crippen molar-refractivity contribution in [2.45, 2.75) is 26.2 Å². The summed E-state index contributed by atoms with van der Waals surface area (Å²) < 4.78 is 5.19. The van der Waals surface area contributed by atoms with Gasteiger partial charge < -0.3 is 4.42 Å². The molecule has 0 saturated heterocycles. The van der Waals surface area contributed by atoms with Gasteiger partial charge in [0, 0.05) is 0 Å². The minimum absolute atomic E-state index is 0.123. The smallest absolute Gasteiger partial charge is 0.345 e. The molecule has 0 fully saturated rings. The molecule has 3 rings (SSSR count). The molecule has 0 aliphatic carbocycles. The lowest BCUT2D eigenvalue weighted by Gasteiger charge is -2.10. The number of aryl methyl sites for hydroxylation is 1. The summed E-state index contributed by atoms with van der Waals surface area (Å²) in [5, 5.41) is 9.09. The van der Waals surface area contributed by atoms with Crippen LogP contribution in [0.25, 0.3) is 22.2 Å². The van der Waals surface area contributed by atoms with Crippen molar-refractivity contribution in [3.8, 4) is 17.2 Å². The van der Waals surface area contributed by atoms with Crippen LogP contribution in [-0.2, 0) is 6.42 Å². The molecular formula is C18H15N3O4. The lowest BCUT2D eigenvalue weighted by Crippen LogP contribution is -2.25. The Labute approximate surface area is 141 Å². The number of hydrogen-bond donors (Lipinski definition) is 2. The van der Waals surface area contributed by atoms with Crippen molar-refractivity contribution in [2.75, 3.05) is 0 Å². The van der Waals surface area contributed by atoms with Crippen molar-refractivity contribution < 1.29 is 4.42 Å². The van der Waals surface area contributed by atoms with Gasteiger partial charge in [-0.15, -0.1) is 0 Å². The van der Waals surface area contributed by atoms with Crippen molar-refractivity contribution in [3.05, 3.63) is 66.7 Å². The lowest BCUT2D eigenvalue weighted by molar-refractivity contribution is 0.546. The first-order valence-corrected chi connectivity index (χ1v) is 7.88.